The standard InChI is InChI=1S/C78H54N4/c1-51-71-49-59-33-46-70-74-60(50-72-52(2)76(56-23-9-4-10-24-56)82(78(70)72)66-43-39-64(40-44-66)80(62-29-13-6-14-30-62)68-36-32-54-20-16-18-26-58(54)48-68)34-45-69(73(59)74)77(71)81(75(51)55-21-7-3-8-22-55)65-41-37-63(38-42-65)79(61-27-11-5-12-28-61)67-35-31-53-19-15-17-25-57(53)47-67/h3-50H,1-2H3. The van der Waals surface area contributed by atoms with Crippen molar-refractivity contribution in [3.05, 3.63) is 302 Å². The van der Waals surface area contributed by atoms with Crippen molar-refractivity contribution in [2.45, 2.75) is 13.8 Å². The maximum atomic E-state index is 2.53. The minimum atomic E-state index is 1.09. The van der Waals surface area contributed by atoms with E-state index in [1.165, 1.54) is 109 Å². The molecule has 0 aliphatic rings. The summed E-state index contributed by atoms with van der Waals surface area (Å²) in [5.41, 5.74) is 18.5. The highest BCUT2D eigenvalue weighted by Gasteiger charge is 2.26. The van der Waals surface area contributed by atoms with Crippen molar-refractivity contribution >= 4 is 110 Å². The van der Waals surface area contributed by atoms with Crippen LogP contribution in [0, 0.1) is 13.8 Å². The van der Waals surface area contributed by atoms with Gasteiger partial charge in [-0.3, -0.25) is 0 Å². The first kappa shape index (κ1) is 47.3. The van der Waals surface area contributed by atoms with Crippen LogP contribution in [0.3, 0.4) is 0 Å². The summed E-state index contributed by atoms with van der Waals surface area (Å²) in [5.74, 6) is 0. The molecule has 0 spiro atoms. The van der Waals surface area contributed by atoms with Crippen molar-refractivity contribution in [2.24, 2.45) is 0 Å². The fraction of sp³-hybridized carbons (Fsp3) is 0.0256. The lowest BCUT2D eigenvalue weighted by Gasteiger charge is -2.26. The van der Waals surface area contributed by atoms with Crippen molar-refractivity contribution in [3.8, 4) is 33.9 Å². The predicted molar refractivity (Wildman–Crippen MR) is 349 cm³/mol. The van der Waals surface area contributed by atoms with Gasteiger partial charge in [-0.25, -0.2) is 0 Å². The number of nitrogens with zero attached hydrogens (tertiary/aromatic N) is 4. The Morgan fingerprint density at radius 1 is 0.244 bits per heavy atom. The molecule has 0 saturated heterocycles. The molecule has 82 heavy (non-hydrogen) atoms. The Labute approximate surface area is 476 Å². The van der Waals surface area contributed by atoms with Gasteiger partial charge < -0.3 is 18.9 Å². The number of benzene rings is 14. The molecule has 16 rings (SSSR count). The third-order valence-corrected chi connectivity index (χ3v) is 17.1. The van der Waals surface area contributed by atoms with Gasteiger partial charge in [0, 0.05) is 67.0 Å². The molecular weight excluding hydrogens is 993 g/mol. The van der Waals surface area contributed by atoms with E-state index in [-0.39, 0.29) is 0 Å². The molecule has 4 nitrogen and oxygen atoms in total. The molecule has 0 amide bonds. The van der Waals surface area contributed by atoms with Gasteiger partial charge in [-0.2, -0.15) is 0 Å². The number of rotatable bonds is 10. The molecule has 14 aromatic carbocycles. The zero-order valence-corrected chi connectivity index (χ0v) is 45.5. The van der Waals surface area contributed by atoms with Crippen molar-refractivity contribution in [2.75, 3.05) is 9.80 Å². The van der Waals surface area contributed by atoms with Crippen LogP contribution in [-0.4, -0.2) is 9.13 Å². The zero-order chi connectivity index (χ0) is 54.4. The lowest BCUT2D eigenvalue weighted by molar-refractivity contribution is 1.13. The molecule has 386 valence electrons. The highest BCUT2D eigenvalue weighted by atomic mass is 15.1. The van der Waals surface area contributed by atoms with E-state index in [2.05, 4.69) is 324 Å². The van der Waals surface area contributed by atoms with Crippen LogP contribution in [0.25, 0.3) is 110 Å². The number of hydrogen-bond donors (Lipinski definition) is 0. The molecule has 0 aliphatic heterocycles. The summed E-state index contributed by atoms with van der Waals surface area (Å²) in [6, 6.07) is 107. The Kier molecular flexibility index (Phi) is 11.0. The van der Waals surface area contributed by atoms with Gasteiger partial charge in [0.1, 0.15) is 0 Å². The smallest absolute Gasteiger partial charge is 0.0616 e. The maximum Gasteiger partial charge on any atom is 0.0616 e. The Morgan fingerprint density at radius 2 is 0.561 bits per heavy atom. The SMILES string of the molecule is Cc1c(-c2ccccc2)n(-c2ccc(N(c3ccccc3)c3ccc4ccccc4c3)cc2)c2c1cc1ccc3c4c(ccc2c14)cc1c(C)c(-c2ccccc2)n(-c2ccc(N(c4ccccc4)c4ccc5ccccc5c4)cc2)c13. The van der Waals surface area contributed by atoms with Crippen LogP contribution in [0.4, 0.5) is 34.1 Å². The number of anilines is 6. The van der Waals surface area contributed by atoms with E-state index in [4.69, 9.17) is 0 Å². The van der Waals surface area contributed by atoms with Crippen LogP contribution in [0.2, 0.25) is 0 Å². The molecule has 0 radical (unpaired) electrons. The molecule has 16 aromatic rings. The minimum absolute atomic E-state index is 1.09. The number of aryl methyl sites for hydroxylation is 2. The van der Waals surface area contributed by atoms with Gasteiger partial charge in [0.15, 0.2) is 0 Å². The summed E-state index contributed by atoms with van der Waals surface area (Å²) in [4.78, 5) is 4.73. The van der Waals surface area contributed by atoms with Crippen molar-refractivity contribution in [1.82, 2.24) is 9.13 Å². The molecule has 0 N–H and O–H groups in total. The minimum Gasteiger partial charge on any atom is -0.310 e. The average Bonchev–Trinajstić information content (AvgIpc) is 2.92. The Morgan fingerprint density at radius 3 is 0.951 bits per heavy atom. The largest absolute Gasteiger partial charge is 0.310 e. The molecule has 0 bridgehead atoms. The molecule has 0 unspecified atom stereocenters. The fourth-order valence-electron chi connectivity index (χ4n) is 13.4. The first-order valence-electron chi connectivity index (χ1n) is 28.3. The maximum absolute atomic E-state index is 2.53. The molecule has 0 aliphatic carbocycles. The highest BCUT2D eigenvalue weighted by Crippen LogP contribution is 2.49. The average molecular weight is 1050 g/mol. The Bertz CT molecular complexity index is 4760. The van der Waals surface area contributed by atoms with Crippen LogP contribution < -0.4 is 9.80 Å². The highest BCUT2D eigenvalue weighted by molar-refractivity contribution is 6.33. The van der Waals surface area contributed by atoms with Crippen LogP contribution in [0.5, 0.6) is 0 Å². The Hall–Kier alpha value is -10.7. The second kappa shape index (κ2) is 19.0. The summed E-state index contributed by atoms with van der Waals surface area (Å²) in [6.07, 6.45) is 0. The van der Waals surface area contributed by atoms with E-state index < -0.39 is 0 Å². The van der Waals surface area contributed by atoms with Gasteiger partial charge in [0.05, 0.1) is 22.4 Å². The summed E-state index contributed by atoms with van der Waals surface area (Å²) in [7, 11) is 0. The summed E-state index contributed by atoms with van der Waals surface area (Å²) < 4.78 is 5.07. The zero-order valence-electron chi connectivity index (χ0n) is 45.5. The van der Waals surface area contributed by atoms with Gasteiger partial charge in [-0.15, -0.1) is 0 Å². The first-order chi connectivity index (χ1) is 40.5. The van der Waals surface area contributed by atoms with Gasteiger partial charge in [-0.1, -0.05) is 182 Å². The predicted octanol–water partition coefficient (Wildman–Crippen LogP) is 21.7. The van der Waals surface area contributed by atoms with Crippen molar-refractivity contribution in [1.29, 1.82) is 0 Å². The normalized spacial score (nSPS) is 11.8. The van der Waals surface area contributed by atoms with Crippen LogP contribution in [0.15, 0.2) is 291 Å². The van der Waals surface area contributed by atoms with Gasteiger partial charge in [-0.05, 0) is 188 Å². The van der Waals surface area contributed by atoms with Crippen molar-refractivity contribution < 1.29 is 0 Å². The van der Waals surface area contributed by atoms with Gasteiger partial charge in [0.25, 0.3) is 0 Å². The summed E-state index contributed by atoms with van der Waals surface area (Å²) >= 11 is 0. The quantitative estimate of drug-likeness (QED) is 0.127. The van der Waals surface area contributed by atoms with E-state index in [1.54, 1.807) is 0 Å². The number of fused-ring (bicyclic) bond motifs is 6. The monoisotopic (exact) mass is 1050 g/mol. The second-order valence-corrected chi connectivity index (χ2v) is 21.8. The van der Waals surface area contributed by atoms with Crippen LogP contribution >= 0.6 is 0 Å². The van der Waals surface area contributed by atoms with Crippen LogP contribution in [-0.2, 0) is 0 Å². The molecule has 4 heteroatoms. The van der Waals surface area contributed by atoms with E-state index in [9.17, 15) is 0 Å². The van der Waals surface area contributed by atoms with E-state index in [0.29, 0.717) is 0 Å². The second-order valence-electron chi connectivity index (χ2n) is 21.8. The third-order valence-electron chi connectivity index (χ3n) is 17.1. The van der Waals surface area contributed by atoms with E-state index in [0.717, 1.165) is 45.5 Å². The summed E-state index contributed by atoms with van der Waals surface area (Å²) in [6.45, 7) is 4.61. The number of para-hydroxylation sites is 2. The third kappa shape index (κ3) is 7.53. The molecule has 0 fully saturated rings. The topological polar surface area (TPSA) is 16.3 Å². The van der Waals surface area contributed by atoms with E-state index in [1.807, 2.05) is 0 Å². The Balaban J connectivity index is 0.903. The fourth-order valence-corrected chi connectivity index (χ4v) is 13.4. The molecule has 2 heterocycles. The molecular formula is C78H54N4. The van der Waals surface area contributed by atoms with E-state index >= 15 is 0 Å². The van der Waals surface area contributed by atoms with Gasteiger partial charge >= 0.3 is 0 Å². The van der Waals surface area contributed by atoms with Gasteiger partial charge in [0.2, 0.25) is 0 Å². The van der Waals surface area contributed by atoms with Crippen molar-refractivity contribution in [3.63, 3.8) is 0 Å². The number of hydrogen-bond acceptors (Lipinski definition) is 2. The van der Waals surface area contributed by atoms with Crippen LogP contribution in [0.1, 0.15) is 11.1 Å². The first-order valence-corrected chi connectivity index (χ1v) is 28.3. The lowest BCUT2D eigenvalue weighted by Crippen LogP contribution is -2.10. The molecule has 2 aromatic heterocycles. The molecule has 0 atom stereocenters. The number of aromatic nitrogens is 2. The lowest BCUT2D eigenvalue weighted by atomic mass is 9.90. The molecule has 0 saturated carbocycles. The summed E-state index contributed by atoms with van der Waals surface area (Å²) in [5, 5.41) is 14.9.